The van der Waals surface area contributed by atoms with Crippen molar-refractivity contribution in [3.63, 3.8) is 0 Å². The van der Waals surface area contributed by atoms with Gasteiger partial charge in [-0.25, -0.2) is 0 Å². The first-order valence-corrected chi connectivity index (χ1v) is 6.07. The third-order valence-corrected chi connectivity index (χ3v) is 3.33. The summed E-state index contributed by atoms with van der Waals surface area (Å²) in [6.07, 6.45) is 5.76. The van der Waals surface area contributed by atoms with Crippen LogP contribution < -0.4 is 0 Å². The summed E-state index contributed by atoms with van der Waals surface area (Å²) in [7, 11) is 0. The zero-order valence-electron chi connectivity index (χ0n) is 10.1. The first kappa shape index (κ1) is 12.7. The van der Waals surface area contributed by atoms with Gasteiger partial charge in [0.25, 0.3) is 0 Å². The van der Waals surface area contributed by atoms with Crippen LogP contribution in [0.3, 0.4) is 0 Å². The molecular weight excluding hydrogens is 188 g/mol. The van der Waals surface area contributed by atoms with Gasteiger partial charge in [0, 0.05) is 6.61 Å². The fraction of sp³-hybridized carbons (Fsp3) is 0.846. The minimum Gasteiger partial charge on any atom is -0.390 e. The van der Waals surface area contributed by atoms with Crippen LogP contribution in [0.5, 0.6) is 0 Å². The molecule has 2 nitrogen and oxygen atoms in total. The Kier molecular flexibility index (Phi) is 4.81. The molecule has 2 heteroatoms. The SMILES string of the molecule is C=C(C)CCC(O)C1(OCC)CCCC1. The summed E-state index contributed by atoms with van der Waals surface area (Å²) in [5.74, 6) is 0. The largest absolute Gasteiger partial charge is 0.390 e. The number of aliphatic hydroxyl groups excluding tert-OH is 1. The van der Waals surface area contributed by atoms with Gasteiger partial charge in [0.15, 0.2) is 0 Å². The van der Waals surface area contributed by atoms with Crippen molar-refractivity contribution in [2.75, 3.05) is 6.61 Å². The maximum absolute atomic E-state index is 10.2. The second-order valence-corrected chi connectivity index (χ2v) is 4.72. The van der Waals surface area contributed by atoms with E-state index in [1.807, 2.05) is 13.8 Å². The van der Waals surface area contributed by atoms with Crippen LogP contribution in [0, 0.1) is 0 Å². The van der Waals surface area contributed by atoms with Crippen molar-refractivity contribution in [3.8, 4) is 0 Å². The minimum atomic E-state index is -0.323. The van der Waals surface area contributed by atoms with Crippen LogP contribution >= 0.6 is 0 Å². The highest BCUT2D eigenvalue weighted by Gasteiger charge is 2.40. The zero-order chi connectivity index (χ0) is 11.3. The Morgan fingerprint density at radius 3 is 2.53 bits per heavy atom. The fourth-order valence-corrected chi connectivity index (χ4v) is 2.48. The van der Waals surface area contributed by atoms with Crippen LogP contribution in [0.2, 0.25) is 0 Å². The summed E-state index contributed by atoms with van der Waals surface area (Å²) < 4.78 is 5.80. The van der Waals surface area contributed by atoms with Crippen molar-refractivity contribution < 1.29 is 9.84 Å². The van der Waals surface area contributed by atoms with Gasteiger partial charge in [-0.3, -0.25) is 0 Å². The van der Waals surface area contributed by atoms with Gasteiger partial charge in [-0.2, -0.15) is 0 Å². The maximum Gasteiger partial charge on any atom is 0.0940 e. The molecule has 88 valence electrons. The molecule has 1 rings (SSSR count). The molecular formula is C13H24O2. The third kappa shape index (κ3) is 3.32. The maximum atomic E-state index is 10.2. The third-order valence-electron chi connectivity index (χ3n) is 3.33. The van der Waals surface area contributed by atoms with Gasteiger partial charge in [-0.05, 0) is 39.5 Å². The van der Waals surface area contributed by atoms with Crippen LogP contribution in [0.15, 0.2) is 12.2 Å². The van der Waals surface area contributed by atoms with E-state index in [2.05, 4.69) is 6.58 Å². The lowest BCUT2D eigenvalue weighted by Gasteiger charge is -2.34. The standard InChI is InChI=1S/C13H24O2/c1-4-15-13(9-5-6-10-13)12(14)8-7-11(2)3/h12,14H,2,4-10H2,1,3H3. The molecule has 0 saturated heterocycles. The molecule has 1 unspecified atom stereocenters. The molecule has 0 amide bonds. The average Bonchev–Trinajstić information content (AvgIpc) is 2.64. The van der Waals surface area contributed by atoms with Gasteiger partial charge in [0.05, 0.1) is 11.7 Å². The number of ether oxygens (including phenoxy) is 1. The van der Waals surface area contributed by atoms with Gasteiger partial charge in [-0.1, -0.05) is 18.4 Å². The first-order valence-electron chi connectivity index (χ1n) is 6.07. The Hall–Kier alpha value is -0.340. The van der Waals surface area contributed by atoms with E-state index >= 15 is 0 Å². The van der Waals surface area contributed by atoms with Crippen molar-refractivity contribution in [2.24, 2.45) is 0 Å². The molecule has 1 fully saturated rings. The monoisotopic (exact) mass is 212 g/mol. The Bertz CT molecular complexity index is 205. The molecule has 1 aliphatic rings. The fourth-order valence-electron chi connectivity index (χ4n) is 2.48. The molecule has 0 aromatic rings. The molecule has 0 bridgehead atoms. The number of rotatable bonds is 6. The molecule has 0 aliphatic heterocycles. The highest BCUT2D eigenvalue weighted by Crippen LogP contribution is 2.37. The second kappa shape index (κ2) is 5.66. The molecule has 0 heterocycles. The zero-order valence-corrected chi connectivity index (χ0v) is 10.1. The number of hydrogen-bond donors (Lipinski definition) is 1. The lowest BCUT2D eigenvalue weighted by Crippen LogP contribution is -2.42. The summed E-state index contributed by atoms with van der Waals surface area (Å²) in [5, 5.41) is 10.2. The van der Waals surface area contributed by atoms with Crippen molar-refractivity contribution in [1.29, 1.82) is 0 Å². The van der Waals surface area contributed by atoms with Gasteiger partial charge in [-0.15, -0.1) is 6.58 Å². The summed E-state index contributed by atoms with van der Waals surface area (Å²) in [4.78, 5) is 0. The van der Waals surface area contributed by atoms with Crippen molar-refractivity contribution in [3.05, 3.63) is 12.2 Å². The molecule has 1 aliphatic carbocycles. The van der Waals surface area contributed by atoms with E-state index in [0.717, 1.165) is 31.3 Å². The summed E-state index contributed by atoms with van der Waals surface area (Å²) >= 11 is 0. The van der Waals surface area contributed by atoms with Crippen LogP contribution in [0.4, 0.5) is 0 Å². The van der Waals surface area contributed by atoms with Crippen LogP contribution in [0.25, 0.3) is 0 Å². The Morgan fingerprint density at radius 2 is 2.07 bits per heavy atom. The van der Waals surface area contributed by atoms with Crippen molar-refractivity contribution in [1.82, 2.24) is 0 Å². The van der Waals surface area contributed by atoms with Crippen LogP contribution in [0.1, 0.15) is 52.4 Å². The number of hydrogen-bond acceptors (Lipinski definition) is 2. The van der Waals surface area contributed by atoms with E-state index in [0.29, 0.717) is 6.61 Å². The highest BCUT2D eigenvalue weighted by molar-refractivity contribution is 4.96. The molecule has 1 N–H and O–H groups in total. The van der Waals surface area contributed by atoms with Gasteiger partial charge >= 0.3 is 0 Å². The normalized spacial score (nSPS) is 21.5. The van der Waals surface area contributed by atoms with Crippen molar-refractivity contribution in [2.45, 2.75) is 64.1 Å². The Balaban J connectivity index is 2.51. The van der Waals surface area contributed by atoms with Gasteiger partial charge in [0.1, 0.15) is 0 Å². The second-order valence-electron chi connectivity index (χ2n) is 4.72. The van der Waals surface area contributed by atoms with E-state index < -0.39 is 0 Å². The van der Waals surface area contributed by atoms with Gasteiger partial charge < -0.3 is 9.84 Å². The number of aliphatic hydroxyl groups is 1. The Labute approximate surface area is 93.3 Å². The van der Waals surface area contributed by atoms with Crippen molar-refractivity contribution >= 4 is 0 Å². The number of allylic oxidation sites excluding steroid dienone is 1. The molecule has 0 aromatic carbocycles. The summed E-state index contributed by atoms with van der Waals surface area (Å²) in [6, 6.07) is 0. The summed E-state index contributed by atoms with van der Waals surface area (Å²) in [6.45, 7) is 8.58. The van der Waals surface area contributed by atoms with Gasteiger partial charge in [0.2, 0.25) is 0 Å². The lowest BCUT2D eigenvalue weighted by atomic mass is 9.90. The molecule has 0 radical (unpaired) electrons. The topological polar surface area (TPSA) is 29.5 Å². The minimum absolute atomic E-state index is 0.246. The van der Waals surface area contributed by atoms with E-state index in [1.165, 1.54) is 12.8 Å². The molecule has 1 atom stereocenters. The summed E-state index contributed by atoms with van der Waals surface area (Å²) in [5.41, 5.74) is 0.892. The van der Waals surface area contributed by atoms with E-state index in [4.69, 9.17) is 4.74 Å². The quantitative estimate of drug-likeness (QED) is 0.686. The predicted octanol–water partition coefficient (Wildman–Crippen LogP) is 3.05. The molecule has 1 saturated carbocycles. The van der Waals surface area contributed by atoms with Crippen LogP contribution in [-0.4, -0.2) is 23.4 Å². The van der Waals surface area contributed by atoms with Crippen LogP contribution in [-0.2, 0) is 4.74 Å². The molecule has 0 aromatic heterocycles. The van der Waals surface area contributed by atoms with E-state index in [-0.39, 0.29) is 11.7 Å². The van der Waals surface area contributed by atoms with E-state index in [1.54, 1.807) is 0 Å². The molecule has 15 heavy (non-hydrogen) atoms. The average molecular weight is 212 g/mol. The first-order chi connectivity index (χ1) is 7.10. The Morgan fingerprint density at radius 1 is 1.47 bits per heavy atom. The smallest absolute Gasteiger partial charge is 0.0940 e. The lowest BCUT2D eigenvalue weighted by molar-refractivity contribution is -0.118. The highest BCUT2D eigenvalue weighted by atomic mass is 16.5. The van der Waals surface area contributed by atoms with E-state index in [9.17, 15) is 5.11 Å². The molecule has 0 spiro atoms. The predicted molar refractivity (Wildman–Crippen MR) is 62.9 cm³/mol.